The molecule has 0 aromatic rings. The molecule has 0 amide bonds. The lowest BCUT2D eigenvalue weighted by Gasteiger charge is -2.07. The van der Waals surface area contributed by atoms with E-state index in [2.05, 4.69) is 20.8 Å². The number of hydrogen-bond donors (Lipinski definition) is 0. The Balaban J connectivity index is 3.02. The topological polar surface area (TPSA) is 0 Å². The monoisotopic (exact) mass is 478 g/mol. The highest BCUT2D eigenvalue weighted by atomic mass is 14.1. The summed E-state index contributed by atoms with van der Waals surface area (Å²) in [5.74, 6) is 0.947. The van der Waals surface area contributed by atoms with Crippen molar-refractivity contribution < 1.29 is 0 Å². The fraction of sp³-hybridized carbons (Fsp3) is 0.971. The average Bonchev–Trinajstić information content (AvgIpc) is 2.85. The lowest BCUT2D eigenvalue weighted by molar-refractivity contribution is 0.468. The van der Waals surface area contributed by atoms with E-state index in [0.29, 0.717) is 0 Å². The highest BCUT2D eigenvalue weighted by Gasteiger charge is 1.99. The van der Waals surface area contributed by atoms with Gasteiger partial charge in [-0.15, -0.1) is 0 Å². The van der Waals surface area contributed by atoms with Gasteiger partial charge in [-0.1, -0.05) is 213 Å². The Hall–Kier alpha value is 0. The Morgan fingerprint density at radius 3 is 0.765 bits per heavy atom. The van der Waals surface area contributed by atoms with Crippen LogP contribution in [0.2, 0.25) is 0 Å². The molecule has 0 heteroatoms. The minimum absolute atomic E-state index is 0.947. The fourth-order valence-electron chi connectivity index (χ4n) is 5.29. The molecule has 0 aliphatic heterocycles. The maximum Gasteiger partial charge on any atom is -0.0445 e. The van der Waals surface area contributed by atoms with Gasteiger partial charge in [-0.2, -0.15) is 0 Å². The van der Waals surface area contributed by atoms with E-state index in [-0.39, 0.29) is 0 Å². The molecule has 0 bridgehead atoms. The van der Waals surface area contributed by atoms with Gasteiger partial charge in [0.1, 0.15) is 0 Å². The Bertz CT molecular complexity index is 333. The molecule has 0 spiro atoms. The number of unbranched alkanes of at least 4 members (excludes halogenated alkanes) is 27. The normalized spacial score (nSPS) is 12.4. The maximum absolute atomic E-state index is 3.92. The first kappa shape index (κ1) is 34.0. The van der Waals surface area contributed by atoms with Crippen LogP contribution in [0.25, 0.3) is 0 Å². The summed E-state index contributed by atoms with van der Waals surface area (Å²) in [6.45, 7) is 8.65. The molecule has 0 nitrogen and oxygen atoms in total. The molecular formula is C34H69. The molecule has 1 unspecified atom stereocenters. The van der Waals surface area contributed by atoms with Gasteiger partial charge in [0.15, 0.2) is 0 Å². The average molecular weight is 478 g/mol. The van der Waals surface area contributed by atoms with Crippen LogP contribution in [0.3, 0.4) is 0 Å². The Kier molecular flexibility index (Phi) is 31.0. The van der Waals surface area contributed by atoms with E-state index in [4.69, 9.17) is 0 Å². The largest absolute Gasteiger partial charge is 0.0651 e. The van der Waals surface area contributed by atoms with E-state index in [1.54, 1.807) is 0 Å². The lowest BCUT2D eigenvalue weighted by atomic mass is 9.99. The van der Waals surface area contributed by atoms with Gasteiger partial charge in [0.25, 0.3) is 0 Å². The quantitative estimate of drug-likeness (QED) is 0.0902. The maximum atomic E-state index is 3.92. The molecule has 0 aromatic heterocycles. The zero-order chi connectivity index (χ0) is 24.8. The van der Waals surface area contributed by atoms with Crippen LogP contribution in [0.4, 0.5) is 0 Å². The van der Waals surface area contributed by atoms with Crippen LogP contribution in [-0.4, -0.2) is 0 Å². The molecule has 0 aromatic carbocycles. The Morgan fingerprint density at radius 1 is 0.353 bits per heavy atom. The Labute approximate surface area is 219 Å². The van der Waals surface area contributed by atoms with E-state index in [1.807, 2.05) is 0 Å². The second kappa shape index (κ2) is 31.0. The first-order valence-electron chi connectivity index (χ1n) is 16.6. The fourth-order valence-corrected chi connectivity index (χ4v) is 5.29. The van der Waals surface area contributed by atoms with Gasteiger partial charge >= 0.3 is 0 Å². The molecule has 0 aliphatic carbocycles. The standard InChI is InChI=1S/C34H69/c1-4-6-7-8-9-10-11-12-13-14-15-16-17-18-19-20-21-22-23-24-25-26-27-28-29-30-31-32-33-34(3)5-2/h34H,1,4-33H2,2-3H3. The molecule has 0 saturated carbocycles. The molecule has 0 fully saturated rings. The molecule has 0 rings (SSSR count). The van der Waals surface area contributed by atoms with Gasteiger partial charge in [0.05, 0.1) is 0 Å². The van der Waals surface area contributed by atoms with Crippen molar-refractivity contribution >= 4 is 0 Å². The zero-order valence-electron chi connectivity index (χ0n) is 24.5. The predicted octanol–water partition coefficient (Wildman–Crippen LogP) is 13.2. The van der Waals surface area contributed by atoms with E-state index < -0.39 is 0 Å². The first-order chi connectivity index (χ1) is 16.8. The third-order valence-electron chi connectivity index (χ3n) is 8.14. The van der Waals surface area contributed by atoms with Crippen molar-refractivity contribution in [2.45, 2.75) is 206 Å². The summed E-state index contributed by atoms with van der Waals surface area (Å²) in [7, 11) is 0. The van der Waals surface area contributed by atoms with Crippen molar-refractivity contribution in [1.29, 1.82) is 0 Å². The van der Waals surface area contributed by atoms with Crippen molar-refractivity contribution in [3.8, 4) is 0 Å². The van der Waals surface area contributed by atoms with Crippen molar-refractivity contribution in [2.75, 3.05) is 0 Å². The molecule has 0 saturated heterocycles. The van der Waals surface area contributed by atoms with Gasteiger partial charge in [-0.25, -0.2) is 0 Å². The first-order valence-corrected chi connectivity index (χ1v) is 16.6. The minimum atomic E-state index is 0.947. The van der Waals surface area contributed by atoms with Crippen molar-refractivity contribution in [1.82, 2.24) is 0 Å². The molecule has 1 atom stereocenters. The van der Waals surface area contributed by atoms with Crippen LogP contribution in [0.1, 0.15) is 206 Å². The van der Waals surface area contributed by atoms with E-state index in [9.17, 15) is 0 Å². The van der Waals surface area contributed by atoms with Crippen molar-refractivity contribution in [2.24, 2.45) is 5.92 Å². The van der Waals surface area contributed by atoms with Crippen LogP contribution in [0.15, 0.2) is 0 Å². The van der Waals surface area contributed by atoms with Crippen molar-refractivity contribution in [3.05, 3.63) is 6.92 Å². The molecule has 0 N–H and O–H groups in total. The predicted molar refractivity (Wildman–Crippen MR) is 159 cm³/mol. The van der Waals surface area contributed by atoms with Crippen LogP contribution >= 0.6 is 0 Å². The third-order valence-corrected chi connectivity index (χ3v) is 8.14. The lowest BCUT2D eigenvalue weighted by Crippen LogP contribution is -1.91. The molecule has 1 radical (unpaired) electrons. The summed E-state index contributed by atoms with van der Waals surface area (Å²) in [5.41, 5.74) is 0. The summed E-state index contributed by atoms with van der Waals surface area (Å²) in [6.07, 6.45) is 43.7. The molecule has 0 aliphatic rings. The summed E-state index contributed by atoms with van der Waals surface area (Å²) in [5, 5.41) is 0. The SMILES string of the molecule is [CH2]CCCCCCCCCCCCCCCCCCCCCCCCCCCCCC(C)CC. The van der Waals surface area contributed by atoms with Crippen LogP contribution in [-0.2, 0) is 0 Å². The molecule has 0 heterocycles. The van der Waals surface area contributed by atoms with Gasteiger partial charge < -0.3 is 0 Å². The molecule has 34 heavy (non-hydrogen) atoms. The highest BCUT2D eigenvalue weighted by Crippen LogP contribution is 2.17. The van der Waals surface area contributed by atoms with Crippen LogP contribution < -0.4 is 0 Å². The smallest absolute Gasteiger partial charge is 0.0445 e. The van der Waals surface area contributed by atoms with Gasteiger partial charge in [0.2, 0.25) is 0 Å². The van der Waals surface area contributed by atoms with Crippen molar-refractivity contribution in [3.63, 3.8) is 0 Å². The molecular weight excluding hydrogens is 408 g/mol. The van der Waals surface area contributed by atoms with E-state index in [0.717, 1.165) is 12.3 Å². The minimum Gasteiger partial charge on any atom is -0.0651 e. The second-order valence-electron chi connectivity index (χ2n) is 11.7. The highest BCUT2D eigenvalue weighted by molar-refractivity contribution is 4.54. The second-order valence-corrected chi connectivity index (χ2v) is 11.7. The van der Waals surface area contributed by atoms with Gasteiger partial charge in [0, 0.05) is 0 Å². The van der Waals surface area contributed by atoms with Gasteiger partial charge in [-0.05, 0) is 5.92 Å². The summed E-state index contributed by atoms with van der Waals surface area (Å²) in [6, 6.07) is 0. The van der Waals surface area contributed by atoms with Crippen LogP contribution in [0, 0.1) is 12.8 Å². The number of hydrogen-bond acceptors (Lipinski definition) is 0. The summed E-state index contributed by atoms with van der Waals surface area (Å²) >= 11 is 0. The number of rotatable bonds is 30. The molecule has 205 valence electrons. The summed E-state index contributed by atoms with van der Waals surface area (Å²) in [4.78, 5) is 0. The van der Waals surface area contributed by atoms with E-state index >= 15 is 0 Å². The van der Waals surface area contributed by atoms with E-state index in [1.165, 1.54) is 186 Å². The Morgan fingerprint density at radius 2 is 0.559 bits per heavy atom. The van der Waals surface area contributed by atoms with Gasteiger partial charge in [-0.3, -0.25) is 0 Å². The van der Waals surface area contributed by atoms with Crippen LogP contribution in [0.5, 0.6) is 0 Å². The summed E-state index contributed by atoms with van der Waals surface area (Å²) < 4.78 is 0. The third kappa shape index (κ3) is 30.0. The zero-order valence-corrected chi connectivity index (χ0v) is 24.5.